The summed E-state index contributed by atoms with van der Waals surface area (Å²) in [5.74, 6) is -1.01. The second-order valence-electron chi connectivity index (χ2n) is 4.53. The number of benzene rings is 1. The fourth-order valence-electron chi connectivity index (χ4n) is 2.35. The molecule has 1 atom stereocenters. The summed E-state index contributed by atoms with van der Waals surface area (Å²) < 4.78 is 33.1. The van der Waals surface area contributed by atoms with Crippen LogP contribution in [0, 0.1) is 11.6 Å². The molecule has 1 aromatic rings. The lowest BCUT2D eigenvalue weighted by atomic mass is 10.1. The lowest BCUT2D eigenvalue weighted by molar-refractivity contribution is 0.121. The minimum atomic E-state index is -0.503. The summed E-state index contributed by atoms with van der Waals surface area (Å²) in [6.07, 6.45) is 0.856. The van der Waals surface area contributed by atoms with Crippen LogP contribution in [-0.4, -0.2) is 33.4 Å². The van der Waals surface area contributed by atoms with E-state index in [1.54, 1.807) is 19.1 Å². The molecule has 1 heterocycles. The highest BCUT2D eigenvalue weighted by Gasteiger charge is 2.26. The second-order valence-corrected chi connectivity index (χ2v) is 4.53. The van der Waals surface area contributed by atoms with Gasteiger partial charge in [-0.15, -0.1) is 0 Å². The molecular formula is C13H18F2N2O. The van der Waals surface area contributed by atoms with Gasteiger partial charge in [0, 0.05) is 26.7 Å². The second kappa shape index (κ2) is 5.63. The Morgan fingerprint density at radius 3 is 2.56 bits per heavy atom. The minimum absolute atomic E-state index is 0.0563. The third kappa shape index (κ3) is 2.62. The molecule has 0 saturated carbocycles. The van der Waals surface area contributed by atoms with Gasteiger partial charge in [0.2, 0.25) is 0 Å². The fraction of sp³-hybridized carbons (Fsp3) is 0.538. The Labute approximate surface area is 106 Å². The van der Waals surface area contributed by atoms with Crippen LogP contribution in [0.2, 0.25) is 0 Å². The highest BCUT2D eigenvalue weighted by Crippen LogP contribution is 2.28. The third-order valence-electron chi connectivity index (χ3n) is 3.25. The first kappa shape index (κ1) is 13.2. The van der Waals surface area contributed by atoms with E-state index in [0.29, 0.717) is 25.2 Å². The first-order valence-corrected chi connectivity index (χ1v) is 6.06. The molecule has 0 bridgehead atoms. The predicted molar refractivity (Wildman–Crippen MR) is 66.7 cm³/mol. The van der Waals surface area contributed by atoms with E-state index in [2.05, 4.69) is 5.32 Å². The molecule has 1 unspecified atom stereocenters. The lowest BCUT2D eigenvalue weighted by Crippen LogP contribution is -2.24. The van der Waals surface area contributed by atoms with Crippen LogP contribution >= 0.6 is 0 Å². The Kier molecular flexibility index (Phi) is 4.14. The van der Waals surface area contributed by atoms with E-state index >= 15 is 0 Å². The zero-order chi connectivity index (χ0) is 13.1. The summed E-state index contributed by atoms with van der Waals surface area (Å²) in [5, 5.41) is 2.88. The molecule has 0 radical (unpaired) electrons. The zero-order valence-electron chi connectivity index (χ0n) is 10.7. The summed E-state index contributed by atoms with van der Waals surface area (Å²) in [6.45, 7) is 1.61. The van der Waals surface area contributed by atoms with Crippen molar-refractivity contribution in [3.05, 3.63) is 29.3 Å². The van der Waals surface area contributed by atoms with Crippen molar-refractivity contribution in [2.45, 2.75) is 19.1 Å². The van der Waals surface area contributed by atoms with Gasteiger partial charge in [-0.2, -0.15) is 0 Å². The number of hydrogen-bond donors (Lipinski definition) is 1. The maximum Gasteiger partial charge on any atom is 0.149 e. The van der Waals surface area contributed by atoms with E-state index in [9.17, 15) is 8.78 Å². The Morgan fingerprint density at radius 1 is 1.39 bits per heavy atom. The molecule has 2 rings (SSSR count). The van der Waals surface area contributed by atoms with Gasteiger partial charge in [-0.3, -0.25) is 0 Å². The molecule has 1 aliphatic heterocycles. The molecule has 1 fully saturated rings. The molecule has 5 heteroatoms. The number of nitrogens with one attached hydrogen (secondary N) is 1. The summed E-state index contributed by atoms with van der Waals surface area (Å²) in [4.78, 5) is 1.71. The van der Waals surface area contributed by atoms with E-state index in [1.165, 1.54) is 12.1 Å². The van der Waals surface area contributed by atoms with Crippen molar-refractivity contribution in [1.82, 2.24) is 5.32 Å². The van der Waals surface area contributed by atoms with E-state index in [0.717, 1.165) is 6.42 Å². The molecule has 3 nitrogen and oxygen atoms in total. The SMILES string of the molecule is CNCc1cc(F)c(N2CCC(OC)C2)c(F)c1. The maximum atomic E-state index is 14.0. The number of hydrogen-bond acceptors (Lipinski definition) is 3. The molecule has 0 amide bonds. The van der Waals surface area contributed by atoms with Crippen LogP contribution in [-0.2, 0) is 11.3 Å². The summed E-state index contributed by atoms with van der Waals surface area (Å²) >= 11 is 0. The first-order valence-electron chi connectivity index (χ1n) is 6.06. The Balaban J connectivity index is 2.23. The number of nitrogens with zero attached hydrogens (tertiary/aromatic N) is 1. The quantitative estimate of drug-likeness (QED) is 0.890. The van der Waals surface area contributed by atoms with Gasteiger partial charge in [0.15, 0.2) is 0 Å². The van der Waals surface area contributed by atoms with E-state index in [1.807, 2.05) is 0 Å². The van der Waals surface area contributed by atoms with Crippen molar-refractivity contribution in [3.63, 3.8) is 0 Å². The van der Waals surface area contributed by atoms with Crippen LogP contribution in [0.1, 0.15) is 12.0 Å². The Hall–Kier alpha value is -1.20. The molecule has 100 valence electrons. The maximum absolute atomic E-state index is 14.0. The van der Waals surface area contributed by atoms with Crippen LogP contribution in [0.15, 0.2) is 12.1 Å². The van der Waals surface area contributed by atoms with Crippen molar-refractivity contribution in [2.24, 2.45) is 0 Å². The van der Waals surface area contributed by atoms with Crippen molar-refractivity contribution in [3.8, 4) is 0 Å². The minimum Gasteiger partial charge on any atom is -0.380 e. The molecule has 1 aromatic carbocycles. The van der Waals surface area contributed by atoms with Gasteiger partial charge in [0.1, 0.15) is 17.3 Å². The van der Waals surface area contributed by atoms with Crippen molar-refractivity contribution >= 4 is 5.69 Å². The Bertz CT molecular complexity index is 402. The highest BCUT2D eigenvalue weighted by atomic mass is 19.1. The van der Waals surface area contributed by atoms with Crippen LogP contribution in [0.3, 0.4) is 0 Å². The molecule has 1 N–H and O–H groups in total. The standard InChI is InChI=1S/C13H18F2N2O/c1-16-7-9-5-11(14)13(12(15)6-9)17-4-3-10(8-17)18-2/h5-6,10,16H,3-4,7-8H2,1-2H3. The van der Waals surface area contributed by atoms with Gasteiger partial charge < -0.3 is 15.0 Å². The van der Waals surface area contributed by atoms with Gasteiger partial charge in [-0.05, 0) is 31.2 Å². The number of ether oxygens (including phenoxy) is 1. The van der Waals surface area contributed by atoms with Crippen LogP contribution in [0.4, 0.5) is 14.5 Å². The number of methoxy groups -OCH3 is 1. The van der Waals surface area contributed by atoms with Crippen LogP contribution in [0.25, 0.3) is 0 Å². The smallest absolute Gasteiger partial charge is 0.149 e. The van der Waals surface area contributed by atoms with E-state index in [4.69, 9.17) is 4.74 Å². The monoisotopic (exact) mass is 256 g/mol. The highest BCUT2D eigenvalue weighted by molar-refractivity contribution is 5.51. The lowest BCUT2D eigenvalue weighted by Gasteiger charge is -2.20. The molecule has 0 spiro atoms. The number of halogens is 2. The molecule has 0 aromatic heterocycles. The molecular weight excluding hydrogens is 238 g/mol. The average Bonchev–Trinajstić information content (AvgIpc) is 2.77. The molecule has 1 aliphatic rings. The number of rotatable bonds is 4. The molecule has 0 aliphatic carbocycles. The van der Waals surface area contributed by atoms with E-state index < -0.39 is 11.6 Å². The van der Waals surface area contributed by atoms with E-state index in [-0.39, 0.29) is 11.8 Å². The summed E-state index contributed by atoms with van der Waals surface area (Å²) in [5.41, 5.74) is 0.674. The first-order chi connectivity index (χ1) is 8.65. The fourth-order valence-corrected chi connectivity index (χ4v) is 2.35. The third-order valence-corrected chi connectivity index (χ3v) is 3.25. The van der Waals surface area contributed by atoms with Gasteiger partial charge in [0.25, 0.3) is 0 Å². The number of anilines is 1. The summed E-state index contributed by atoms with van der Waals surface area (Å²) in [6, 6.07) is 2.77. The van der Waals surface area contributed by atoms with Crippen molar-refractivity contribution in [2.75, 3.05) is 32.1 Å². The van der Waals surface area contributed by atoms with Gasteiger partial charge in [-0.25, -0.2) is 8.78 Å². The van der Waals surface area contributed by atoms with Crippen molar-refractivity contribution in [1.29, 1.82) is 0 Å². The van der Waals surface area contributed by atoms with Gasteiger partial charge in [0.05, 0.1) is 6.10 Å². The topological polar surface area (TPSA) is 24.5 Å². The summed E-state index contributed by atoms with van der Waals surface area (Å²) in [7, 11) is 3.37. The van der Waals surface area contributed by atoms with Crippen LogP contribution < -0.4 is 10.2 Å². The predicted octanol–water partition coefficient (Wildman–Crippen LogP) is 1.91. The largest absolute Gasteiger partial charge is 0.380 e. The van der Waals surface area contributed by atoms with Gasteiger partial charge >= 0.3 is 0 Å². The molecule has 1 saturated heterocycles. The Morgan fingerprint density at radius 2 is 2.06 bits per heavy atom. The van der Waals surface area contributed by atoms with Crippen LogP contribution in [0.5, 0.6) is 0 Å². The van der Waals surface area contributed by atoms with Gasteiger partial charge in [-0.1, -0.05) is 0 Å². The molecule has 18 heavy (non-hydrogen) atoms. The zero-order valence-corrected chi connectivity index (χ0v) is 10.7. The normalized spacial score (nSPS) is 19.6. The van der Waals surface area contributed by atoms with Crippen molar-refractivity contribution < 1.29 is 13.5 Å². The average molecular weight is 256 g/mol.